The molecule has 1 aromatic carbocycles. The summed E-state index contributed by atoms with van der Waals surface area (Å²) < 4.78 is 5.95. The van der Waals surface area contributed by atoms with Gasteiger partial charge >= 0.3 is 0 Å². The summed E-state index contributed by atoms with van der Waals surface area (Å²) in [7, 11) is 0. The SMILES string of the molecule is CC(C)Oc1ccccc1N1CCN(C(=O)C2CCCCC2)CC1. The number of hydrogen-bond donors (Lipinski definition) is 0. The molecule has 1 saturated carbocycles. The lowest BCUT2D eigenvalue weighted by atomic mass is 9.88. The van der Waals surface area contributed by atoms with E-state index in [4.69, 9.17) is 4.74 Å². The zero-order valence-electron chi connectivity index (χ0n) is 15.0. The molecule has 2 aliphatic rings. The number of benzene rings is 1. The lowest BCUT2D eigenvalue weighted by Gasteiger charge is -2.38. The molecule has 0 spiro atoms. The number of hydrogen-bond acceptors (Lipinski definition) is 3. The Hall–Kier alpha value is -1.71. The van der Waals surface area contributed by atoms with Gasteiger partial charge in [0.15, 0.2) is 0 Å². The molecular weight excluding hydrogens is 300 g/mol. The summed E-state index contributed by atoms with van der Waals surface area (Å²) in [5.74, 6) is 1.61. The fraction of sp³-hybridized carbons (Fsp3) is 0.650. The number of para-hydroxylation sites is 2. The highest BCUT2D eigenvalue weighted by Crippen LogP contribution is 2.30. The van der Waals surface area contributed by atoms with Gasteiger partial charge in [0.1, 0.15) is 5.75 Å². The van der Waals surface area contributed by atoms with Gasteiger partial charge in [-0.2, -0.15) is 0 Å². The molecule has 3 rings (SSSR count). The van der Waals surface area contributed by atoms with E-state index in [1.807, 2.05) is 12.1 Å². The number of ether oxygens (including phenoxy) is 1. The fourth-order valence-electron chi connectivity index (χ4n) is 3.85. The van der Waals surface area contributed by atoms with Crippen molar-refractivity contribution in [2.45, 2.75) is 52.1 Å². The van der Waals surface area contributed by atoms with E-state index >= 15 is 0 Å². The number of anilines is 1. The monoisotopic (exact) mass is 330 g/mol. The number of carbonyl (C=O) groups excluding carboxylic acids is 1. The third kappa shape index (κ3) is 4.03. The van der Waals surface area contributed by atoms with Crippen molar-refractivity contribution < 1.29 is 9.53 Å². The molecule has 1 amide bonds. The molecule has 132 valence electrons. The lowest BCUT2D eigenvalue weighted by Crippen LogP contribution is -2.50. The maximum atomic E-state index is 12.7. The third-order valence-corrected chi connectivity index (χ3v) is 5.11. The number of piperazine rings is 1. The summed E-state index contributed by atoms with van der Waals surface area (Å²) >= 11 is 0. The summed E-state index contributed by atoms with van der Waals surface area (Å²) in [6.07, 6.45) is 6.07. The van der Waals surface area contributed by atoms with Gasteiger partial charge in [-0.15, -0.1) is 0 Å². The average molecular weight is 330 g/mol. The van der Waals surface area contributed by atoms with E-state index < -0.39 is 0 Å². The van der Waals surface area contributed by atoms with E-state index in [0.29, 0.717) is 5.91 Å². The van der Waals surface area contributed by atoms with Crippen LogP contribution in [0.15, 0.2) is 24.3 Å². The van der Waals surface area contributed by atoms with Crippen molar-refractivity contribution in [1.82, 2.24) is 4.90 Å². The van der Waals surface area contributed by atoms with Gasteiger partial charge < -0.3 is 14.5 Å². The van der Waals surface area contributed by atoms with Gasteiger partial charge in [0.2, 0.25) is 5.91 Å². The Kier molecular flexibility index (Phi) is 5.64. The molecule has 0 N–H and O–H groups in total. The smallest absolute Gasteiger partial charge is 0.225 e. The van der Waals surface area contributed by atoms with Crippen molar-refractivity contribution in [3.05, 3.63) is 24.3 Å². The molecule has 0 atom stereocenters. The molecule has 1 aromatic rings. The van der Waals surface area contributed by atoms with Gasteiger partial charge in [0.25, 0.3) is 0 Å². The van der Waals surface area contributed by atoms with E-state index in [1.54, 1.807) is 0 Å². The van der Waals surface area contributed by atoms with Crippen molar-refractivity contribution in [2.24, 2.45) is 5.92 Å². The van der Waals surface area contributed by atoms with Crippen LogP contribution in [0.1, 0.15) is 46.0 Å². The van der Waals surface area contributed by atoms with Crippen LogP contribution in [0.25, 0.3) is 0 Å². The van der Waals surface area contributed by atoms with Gasteiger partial charge in [-0.3, -0.25) is 4.79 Å². The molecule has 4 heteroatoms. The minimum atomic E-state index is 0.167. The molecule has 0 aromatic heterocycles. The first-order valence-corrected chi connectivity index (χ1v) is 9.44. The molecule has 4 nitrogen and oxygen atoms in total. The van der Waals surface area contributed by atoms with Crippen molar-refractivity contribution in [3.63, 3.8) is 0 Å². The summed E-state index contributed by atoms with van der Waals surface area (Å²) in [5.41, 5.74) is 1.15. The molecule has 0 radical (unpaired) electrons. The maximum Gasteiger partial charge on any atom is 0.225 e. The highest BCUT2D eigenvalue weighted by molar-refractivity contribution is 5.79. The van der Waals surface area contributed by atoms with E-state index in [0.717, 1.165) is 50.5 Å². The minimum absolute atomic E-state index is 0.167. The van der Waals surface area contributed by atoms with Crippen LogP contribution in [-0.4, -0.2) is 43.1 Å². The Morgan fingerprint density at radius 3 is 2.38 bits per heavy atom. The van der Waals surface area contributed by atoms with Crippen molar-refractivity contribution in [2.75, 3.05) is 31.1 Å². The Morgan fingerprint density at radius 2 is 1.71 bits per heavy atom. The first-order valence-electron chi connectivity index (χ1n) is 9.44. The summed E-state index contributed by atoms with van der Waals surface area (Å²) in [6.45, 7) is 7.53. The van der Waals surface area contributed by atoms with Gasteiger partial charge in [0, 0.05) is 32.1 Å². The number of nitrogens with zero attached hydrogens (tertiary/aromatic N) is 2. The summed E-state index contributed by atoms with van der Waals surface area (Å²) in [4.78, 5) is 17.1. The molecule has 1 aliphatic carbocycles. The van der Waals surface area contributed by atoms with Gasteiger partial charge in [-0.25, -0.2) is 0 Å². The second-order valence-corrected chi connectivity index (χ2v) is 7.28. The van der Waals surface area contributed by atoms with E-state index in [1.165, 1.54) is 19.3 Å². The highest BCUT2D eigenvalue weighted by Gasteiger charge is 2.29. The van der Waals surface area contributed by atoms with Crippen LogP contribution in [0, 0.1) is 5.92 Å². The topological polar surface area (TPSA) is 32.8 Å². The molecule has 0 bridgehead atoms. The van der Waals surface area contributed by atoms with Crippen LogP contribution in [-0.2, 0) is 4.79 Å². The number of carbonyl (C=O) groups is 1. The molecule has 1 heterocycles. The molecule has 2 fully saturated rings. The minimum Gasteiger partial charge on any atom is -0.489 e. The van der Waals surface area contributed by atoms with Crippen molar-refractivity contribution >= 4 is 11.6 Å². The van der Waals surface area contributed by atoms with Crippen LogP contribution in [0.2, 0.25) is 0 Å². The van der Waals surface area contributed by atoms with E-state index in [9.17, 15) is 4.79 Å². The Labute approximate surface area is 145 Å². The molecule has 1 aliphatic heterocycles. The van der Waals surface area contributed by atoms with Gasteiger partial charge in [-0.1, -0.05) is 31.4 Å². The van der Waals surface area contributed by atoms with Crippen LogP contribution in [0.5, 0.6) is 5.75 Å². The zero-order chi connectivity index (χ0) is 16.9. The highest BCUT2D eigenvalue weighted by atomic mass is 16.5. The Balaban J connectivity index is 1.60. The maximum absolute atomic E-state index is 12.7. The quantitative estimate of drug-likeness (QED) is 0.844. The summed E-state index contributed by atoms with van der Waals surface area (Å²) in [6, 6.07) is 8.23. The fourth-order valence-corrected chi connectivity index (χ4v) is 3.85. The molecule has 24 heavy (non-hydrogen) atoms. The Morgan fingerprint density at radius 1 is 1.04 bits per heavy atom. The largest absolute Gasteiger partial charge is 0.489 e. The lowest BCUT2D eigenvalue weighted by molar-refractivity contribution is -0.136. The van der Waals surface area contributed by atoms with Crippen LogP contribution in [0.4, 0.5) is 5.69 Å². The third-order valence-electron chi connectivity index (χ3n) is 5.11. The summed E-state index contributed by atoms with van der Waals surface area (Å²) in [5, 5.41) is 0. The van der Waals surface area contributed by atoms with Gasteiger partial charge in [-0.05, 0) is 38.8 Å². The number of amides is 1. The van der Waals surface area contributed by atoms with Crippen LogP contribution < -0.4 is 9.64 Å². The molecular formula is C20H30N2O2. The van der Waals surface area contributed by atoms with Crippen LogP contribution >= 0.6 is 0 Å². The second-order valence-electron chi connectivity index (χ2n) is 7.28. The standard InChI is InChI=1S/C20H30N2O2/c1-16(2)24-19-11-7-6-10-18(19)21-12-14-22(15-13-21)20(23)17-8-4-3-5-9-17/h6-7,10-11,16-17H,3-5,8-9,12-15H2,1-2H3. The van der Waals surface area contributed by atoms with Crippen molar-refractivity contribution in [1.29, 1.82) is 0 Å². The van der Waals surface area contributed by atoms with Crippen LogP contribution in [0.3, 0.4) is 0 Å². The molecule has 1 saturated heterocycles. The Bertz CT molecular complexity index is 544. The van der Waals surface area contributed by atoms with Crippen molar-refractivity contribution in [3.8, 4) is 5.75 Å². The first kappa shape index (κ1) is 17.1. The normalized spacial score (nSPS) is 19.6. The second kappa shape index (κ2) is 7.91. The van der Waals surface area contributed by atoms with E-state index in [-0.39, 0.29) is 12.0 Å². The first-order chi connectivity index (χ1) is 11.6. The molecule has 0 unspecified atom stereocenters. The van der Waals surface area contributed by atoms with Gasteiger partial charge in [0.05, 0.1) is 11.8 Å². The predicted octanol–water partition coefficient (Wildman–Crippen LogP) is 3.70. The van der Waals surface area contributed by atoms with E-state index in [2.05, 4.69) is 35.8 Å². The zero-order valence-corrected chi connectivity index (χ0v) is 15.0. The number of rotatable bonds is 4. The average Bonchev–Trinajstić information content (AvgIpc) is 2.62. The predicted molar refractivity (Wildman–Crippen MR) is 97.6 cm³/mol.